The van der Waals surface area contributed by atoms with Crippen LogP contribution < -0.4 is 5.32 Å². The van der Waals surface area contributed by atoms with Gasteiger partial charge in [-0.05, 0) is 49.6 Å². The van der Waals surface area contributed by atoms with E-state index in [1.807, 2.05) is 43.3 Å². The zero-order chi connectivity index (χ0) is 17.2. The Morgan fingerprint density at radius 1 is 1.32 bits per heavy atom. The number of rotatable bonds is 5. The first kappa shape index (κ1) is 16.0. The molecule has 0 saturated carbocycles. The molecular weight excluding hydrogens is 314 g/mol. The van der Waals surface area contributed by atoms with Crippen molar-refractivity contribution in [2.24, 2.45) is 5.92 Å². The van der Waals surface area contributed by atoms with E-state index in [1.54, 1.807) is 6.26 Å². The van der Waals surface area contributed by atoms with Crippen LogP contribution in [0.5, 0.6) is 0 Å². The van der Waals surface area contributed by atoms with Gasteiger partial charge >= 0.3 is 0 Å². The molecule has 3 aromatic rings. The van der Waals surface area contributed by atoms with E-state index < -0.39 is 0 Å². The number of para-hydroxylation sites is 1. The van der Waals surface area contributed by atoms with Gasteiger partial charge in [-0.15, -0.1) is 0 Å². The van der Waals surface area contributed by atoms with Gasteiger partial charge in [-0.2, -0.15) is 0 Å². The Kier molecular flexibility index (Phi) is 4.32. The highest BCUT2D eigenvalue weighted by Gasteiger charge is 2.24. The highest BCUT2D eigenvalue weighted by molar-refractivity contribution is 6.00. The lowest BCUT2D eigenvalue weighted by Crippen LogP contribution is -2.31. The molecule has 1 unspecified atom stereocenters. The summed E-state index contributed by atoms with van der Waals surface area (Å²) in [7, 11) is 0. The molecule has 2 aromatic heterocycles. The topological polar surface area (TPSA) is 61.3 Å². The third-order valence-corrected chi connectivity index (χ3v) is 5.07. The van der Waals surface area contributed by atoms with Gasteiger partial charge in [-0.1, -0.05) is 18.2 Å². The molecule has 0 bridgehead atoms. The predicted octanol–water partition coefficient (Wildman–Crippen LogP) is 3.32. The van der Waals surface area contributed by atoms with Crippen LogP contribution in [-0.2, 0) is 6.54 Å². The van der Waals surface area contributed by atoms with Crippen molar-refractivity contribution >= 4 is 16.8 Å². The average Bonchev–Trinajstić information content (AvgIpc) is 3.35. The second-order valence-electron chi connectivity index (χ2n) is 6.85. The summed E-state index contributed by atoms with van der Waals surface area (Å²) in [6.07, 6.45) is 2.82. The maximum Gasteiger partial charge on any atom is 0.268 e. The number of hydrogen-bond acceptors (Lipinski definition) is 3. The van der Waals surface area contributed by atoms with Crippen molar-refractivity contribution < 1.29 is 9.21 Å². The molecule has 1 fully saturated rings. The summed E-state index contributed by atoms with van der Waals surface area (Å²) < 4.78 is 5.41. The van der Waals surface area contributed by atoms with Gasteiger partial charge in [0.15, 0.2) is 0 Å². The Morgan fingerprint density at radius 2 is 2.20 bits per heavy atom. The minimum Gasteiger partial charge on any atom is -0.468 e. The Balaban J connectivity index is 1.33. The van der Waals surface area contributed by atoms with Crippen molar-refractivity contribution in [3.05, 3.63) is 59.7 Å². The average molecular weight is 337 g/mol. The zero-order valence-electron chi connectivity index (χ0n) is 14.4. The Labute approximate surface area is 147 Å². The molecule has 1 saturated heterocycles. The normalized spacial score (nSPS) is 18.0. The van der Waals surface area contributed by atoms with Gasteiger partial charge < -0.3 is 14.7 Å². The molecule has 5 heteroatoms. The number of likely N-dealkylation sites (tertiary alicyclic amines) is 1. The molecule has 3 heterocycles. The number of aryl methyl sites for hydroxylation is 1. The number of H-pyrrole nitrogens is 1. The van der Waals surface area contributed by atoms with Crippen molar-refractivity contribution in [3.63, 3.8) is 0 Å². The number of fused-ring (bicyclic) bond motifs is 1. The molecule has 25 heavy (non-hydrogen) atoms. The van der Waals surface area contributed by atoms with Crippen LogP contribution in [-0.4, -0.2) is 35.4 Å². The fourth-order valence-electron chi connectivity index (χ4n) is 3.68. The van der Waals surface area contributed by atoms with E-state index in [9.17, 15) is 4.79 Å². The lowest BCUT2D eigenvalue weighted by molar-refractivity contribution is 0.0942. The van der Waals surface area contributed by atoms with Gasteiger partial charge in [0, 0.05) is 24.0 Å². The van der Waals surface area contributed by atoms with Crippen LogP contribution in [0, 0.1) is 12.8 Å². The maximum absolute atomic E-state index is 12.6. The second kappa shape index (κ2) is 6.76. The lowest BCUT2D eigenvalue weighted by Gasteiger charge is -2.15. The van der Waals surface area contributed by atoms with Crippen molar-refractivity contribution in [3.8, 4) is 0 Å². The van der Waals surface area contributed by atoms with Gasteiger partial charge in [-0.3, -0.25) is 9.69 Å². The predicted molar refractivity (Wildman–Crippen MR) is 97.5 cm³/mol. The summed E-state index contributed by atoms with van der Waals surface area (Å²) in [5.41, 5.74) is 2.70. The Morgan fingerprint density at radius 3 is 3.00 bits per heavy atom. The van der Waals surface area contributed by atoms with Crippen molar-refractivity contribution in [1.82, 2.24) is 15.2 Å². The van der Waals surface area contributed by atoms with Gasteiger partial charge in [-0.25, -0.2) is 0 Å². The first-order valence-electron chi connectivity index (χ1n) is 8.81. The van der Waals surface area contributed by atoms with Crippen LogP contribution in [0.25, 0.3) is 10.9 Å². The van der Waals surface area contributed by atoms with Crippen LogP contribution in [0.4, 0.5) is 0 Å². The molecular formula is C20H23N3O2. The van der Waals surface area contributed by atoms with Crippen LogP contribution in [0.2, 0.25) is 0 Å². The minimum atomic E-state index is -0.0156. The molecule has 0 spiro atoms. The summed E-state index contributed by atoms with van der Waals surface area (Å²) in [5, 5.41) is 4.21. The van der Waals surface area contributed by atoms with Crippen molar-refractivity contribution in [1.29, 1.82) is 0 Å². The van der Waals surface area contributed by atoms with Gasteiger partial charge in [0.1, 0.15) is 11.5 Å². The van der Waals surface area contributed by atoms with E-state index in [0.29, 0.717) is 18.2 Å². The van der Waals surface area contributed by atoms with E-state index in [1.165, 1.54) is 0 Å². The summed E-state index contributed by atoms with van der Waals surface area (Å²) >= 11 is 0. The molecule has 1 atom stereocenters. The number of nitrogens with one attached hydrogen (secondary N) is 2. The minimum absolute atomic E-state index is 0.0156. The van der Waals surface area contributed by atoms with Crippen LogP contribution >= 0.6 is 0 Å². The van der Waals surface area contributed by atoms with Crippen LogP contribution in [0.3, 0.4) is 0 Å². The Hall–Kier alpha value is -2.53. The van der Waals surface area contributed by atoms with E-state index >= 15 is 0 Å². The highest BCUT2D eigenvalue weighted by atomic mass is 16.3. The van der Waals surface area contributed by atoms with E-state index in [-0.39, 0.29) is 5.91 Å². The summed E-state index contributed by atoms with van der Waals surface area (Å²) in [4.78, 5) is 18.2. The maximum atomic E-state index is 12.6. The molecule has 0 radical (unpaired) electrons. The number of carbonyl (C=O) groups is 1. The first-order chi connectivity index (χ1) is 12.2. The molecule has 2 N–H and O–H groups in total. The third-order valence-electron chi connectivity index (χ3n) is 5.07. The largest absolute Gasteiger partial charge is 0.468 e. The van der Waals surface area contributed by atoms with Gasteiger partial charge in [0.25, 0.3) is 5.91 Å². The number of carbonyl (C=O) groups excluding carboxylic acids is 1. The number of amides is 1. The molecule has 1 aromatic carbocycles. The monoisotopic (exact) mass is 337 g/mol. The molecule has 4 rings (SSSR count). The first-order valence-corrected chi connectivity index (χ1v) is 8.81. The Bertz CT molecular complexity index is 866. The standard InChI is InChI=1S/C20H23N3O2/c1-14-17-6-2-3-7-18(17)22-19(14)20(24)21-11-15-8-9-23(12-15)13-16-5-4-10-25-16/h2-7,10,15,22H,8-9,11-13H2,1H3,(H,21,24). The highest BCUT2D eigenvalue weighted by Crippen LogP contribution is 2.22. The zero-order valence-corrected chi connectivity index (χ0v) is 14.4. The molecule has 1 aliphatic heterocycles. The van der Waals surface area contributed by atoms with E-state index in [2.05, 4.69) is 15.2 Å². The molecule has 130 valence electrons. The summed E-state index contributed by atoms with van der Waals surface area (Å²) in [6.45, 7) is 5.59. The number of aromatic amines is 1. The number of nitrogens with zero attached hydrogens (tertiary/aromatic N) is 1. The van der Waals surface area contributed by atoms with E-state index in [4.69, 9.17) is 4.42 Å². The second-order valence-corrected chi connectivity index (χ2v) is 6.85. The lowest BCUT2D eigenvalue weighted by atomic mass is 10.1. The van der Waals surface area contributed by atoms with Crippen LogP contribution in [0.15, 0.2) is 47.1 Å². The van der Waals surface area contributed by atoms with Gasteiger partial charge in [0.05, 0.1) is 12.8 Å². The van der Waals surface area contributed by atoms with E-state index in [0.717, 1.165) is 48.3 Å². The van der Waals surface area contributed by atoms with Crippen molar-refractivity contribution in [2.75, 3.05) is 19.6 Å². The molecule has 1 aliphatic rings. The fraction of sp³-hybridized carbons (Fsp3) is 0.350. The third kappa shape index (κ3) is 3.33. The fourth-order valence-corrected chi connectivity index (χ4v) is 3.68. The number of furan rings is 1. The number of benzene rings is 1. The molecule has 0 aliphatic carbocycles. The summed E-state index contributed by atoms with van der Waals surface area (Å²) in [5.74, 6) is 1.47. The number of aromatic nitrogens is 1. The SMILES string of the molecule is Cc1c(C(=O)NCC2CCN(Cc3ccco3)C2)[nH]c2ccccc12. The summed E-state index contributed by atoms with van der Waals surface area (Å²) in [6, 6.07) is 12.0. The van der Waals surface area contributed by atoms with Crippen molar-refractivity contribution in [2.45, 2.75) is 19.9 Å². The van der Waals surface area contributed by atoms with Crippen LogP contribution in [0.1, 0.15) is 28.2 Å². The number of hydrogen-bond donors (Lipinski definition) is 2. The quantitative estimate of drug-likeness (QED) is 0.751. The molecule has 1 amide bonds. The van der Waals surface area contributed by atoms with Gasteiger partial charge in [0.2, 0.25) is 0 Å². The smallest absolute Gasteiger partial charge is 0.268 e. The molecule has 5 nitrogen and oxygen atoms in total.